The van der Waals surface area contributed by atoms with Crippen LogP contribution in [0.4, 0.5) is 11.4 Å². The standard InChI is InChI=1S/C21H26N2O4S/c1-14-11-16(3)20(12-15(14)2)28(25,26)22-18-6-7-19-17(13-18)5-8-21(24)23(19)9-10-27-4/h6-7,11-13,22H,5,8-10H2,1-4H3. The molecule has 0 saturated carbocycles. The van der Waals surface area contributed by atoms with Crippen LogP contribution in [0.3, 0.4) is 0 Å². The van der Waals surface area contributed by atoms with E-state index in [1.54, 1.807) is 37.1 Å². The zero-order valence-electron chi connectivity index (χ0n) is 16.7. The molecule has 150 valence electrons. The number of aryl methyl sites for hydroxylation is 4. The fourth-order valence-electron chi connectivity index (χ4n) is 3.48. The number of nitrogens with one attached hydrogen (secondary N) is 1. The van der Waals surface area contributed by atoms with E-state index in [4.69, 9.17) is 4.74 Å². The van der Waals surface area contributed by atoms with Gasteiger partial charge in [0.05, 0.1) is 11.5 Å². The lowest BCUT2D eigenvalue weighted by atomic mass is 10.0. The van der Waals surface area contributed by atoms with Crippen molar-refractivity contribution in [2.24, 2.45) is 0 Å². The first-order valence-corrected chi connectivity index (χ1v) is 10.7. The van der Waals surface area contributed by atoms with Crippen molar-refractivity contribution in [3.05, 3.63) is 52.6 Å². The quantitative estimate of drug-likeness (QED) is 0.804. The van der Waals surface area contributed by atoms with Crippen molar-refractivity contribution in [3.63, 3.8) is 0 Å². The second-order valence-corrected chi connectivity index (χ2v) is 8.84. The van der Waals surface area contributed by atoms with Gasteiger partial charge in [-0.15, -0.1) is 0 Å². The molecule has 6 nitrogen and oxygen atoms in total. The molecule has 0 spiro atoms. The minimum Gasteiger partial charge on any atom is -0.383 e. The van der Waals surface area contributed by atoms with E-state index in [1.807, 2.05) is 26.0 Å². The molecule has 0 radical (unpaired) electrons. The number of amides is 1. The largest absolute Gasteiger partial charge is 0.383 e. The van der Waals surface area contributed by atoms with Gasteiger partial charge in [-0.3, -0.25) is 9.52 Å². The predicted molar refractivity (Wildman–Crippen MR) is 110 cm³/mol. The number of carbonyl (C=O) groups is 1. The number of fused-ring (bicyclic) bond motifs is 1. The molecule has 2 aromatic rings. The van der Waals surface area contributed by atoms with Gasteiger partial charge in [0.2, 0.25) is 5.91 Å². The van der Waals surface area contributed by atoms with Gasteiger partial charge in [0.1, 0.15) is 0 Å². The van der Waals surface area contributed by atoms with E-state index in [2.05, 4.69) is 4.72 Å². The molecule has 3 rings (SSSR count). The van der Waals surface area contributed by atoms with E-state index in [0.29, 0.717) is 37.2 Å². The Morgan fingerprint density at radius 1 is 1.04 bits per heavy atom. The Kier molecular flexibility index (Phi) is 5.76. The van der Waals surface area contributed by atoms with E-state index in [0.717, 1.165) is 22.4 Å². The van der Waals surface area contributed by atoms with Gasteiger partial charge in [-0.05, 0) is 73.7 Å². The summed E-state index contributed by atoms with van der Waals surface area (Å²) in [5.41, 5.74) is 4.98. The lowest BCUT2D eigenvalue weighted by molar-refractivity contribution is -0.119. The smallest absolute Gasteiger partial charge is 0.262 e. The molecule has 0 aromatic heterocycles. The van der Waals surface area contributed by atoms with Crippen LogP contribution < -0.4 is 9.62 Å². The Balaban J connectivity index is 1.90. The Labute approximate surface area is 166 Å². The molecular formula is C21H26N2O4S. The second kappa shape index (κ2) is 7.93. The number of carbonyl (C=O) groups excluding carboxylic acids is 1. The van der Waals surface area contributed by atoms with E-state index in [-0.39, 0.29) is 10.8 Å². The summed E-state index contributed by atoms with van der Waals surface area (Å²) < 4.78 is 33.6. The number of hydrogen-bond acceptors (Lipinski definition) is 4. The normalized spacial score (nSPS) is 14.1. The van der Waals surface area contributed by atoms with Crippen LogP contribution in [-0.4, -0.2) is 34.6 Å². The van der Waals surface area contributed by atoms with Gasteiger partial charge in [-0.1, -0.05) is 6.07 Å². The number of anilines is 2. The number of ether oxygens (including phenoxy) is 1. The lowest BCUT2D eigenvalue weighted by Gasteiger charge is -2.29. The van der Waals surface area contributed by atoms with E-state index in [9.17, 15) is 13.2 Å². The van der Waals surface area contributed by atoms with Gasteiger partial charge >= 0.3 is 0 Å². The molecule has 0 atom stereocenters. The highest BCUT2D eigenvalue weighted by Crippen LogP contribution is 2.31. The van der Waals surface area contributed by atoms with Crippen LogP contribution in [0.2, 0.25) is 0 Å². The summed E-state index contributed by atoms with van der Waals surface area (Å²) in [4.78, 5) is 14.2. The molecule has 0 unspecified atom stereocenters. The summed E-state index contributed by atoms with van der Waals surface area (Å²) in [7, 11) is -2.10. The van der Waals surface area contributed by atoms with Crippen molar-refractivity contribution in [3.8, 4) is 0 Å². The molecule has 28 heavy (non-hydrogen) atoms. The average molecular weight is 403 g/mol. The fourth-order valence-corrected chi connectivity index (χ4v) is 4.85. The number of hydrogen-bond donors (Lipinski definition) is 1. The molecule has 0 fully saturated rings. The van der Waals surface area contributed by atoms with Crippen molar-refractivity contribution in [1.82, 2.24) is 0 Å². The summed E-state index contributed by atoms with van der Waals surface area (Å²) in [6.45, 7) is 6.60. The predicted octanol–water partition coefficient (Wildman–Crippen LogP) is 3.34. The number of methoxy groups -OCH3 is 1. The molecular weight excluding hydrogens is 376 g/mol. The third-order valence-electron chi connectivity index (χ3n) is 5.13. The topological polar surface area (TPSA) is 75.7 Å². The molecule has 0 saturated heterocycles. The molecule has 1 aliphatic heterocycles. The van der Waals surface area contributed by atoms with Gasteiger partial charge in [0.25, 0.3) is 10.0 Å². The summed E-state index contributed by atoms with van der Waals surface area (Å²) in [5, 5.41) is 0. The van der Waals surface area contributed by atoms with Gasteiger partial charge < -0.3 is 9.64 Å². The van der Waals surface area contributed by atoms with Crippen LogP contribution in [0.1, 0.15) is 28.7 Å². The van der Waals surface area contributed by atoms with Crippen molar-refractivity contribution >= 4 is 27.3 Å². The SMILES string of the molecule is COCCN1C(=O)CCc2cc(NS(=O)(=O)c3cc(C)c(C)cc3C)ccc21. The molecule has 1 heterocycles. The van der Waals surface area contributed by atoms with Crippen molar-refractivity contribution in [2.75, 3.05) is 29.9 Å². The van der Waals surface area contributed by atoms with Gasteiger partial charge in [-0.25, -0.2) is 8.42 Å². The van der Waals surface area contributed by atoms with Crippen LogP contribution in [0, 0.1) is 20.8 Å². The van der Waals surface area contributed by atoms with Crippen LogP contribution in [0.25, 0.3) is 0 Å². The maximum absolute atomic E-state index is 12.9. The monoisotopic (exact) mass is 402 g/mol. The first-order chi connectivity index (χ1) is 13.2. The molecule has 0 aliphatic carbocycles. The number of benzene rings is 2. The van der Waals surface area contributed by atoms with E-state index in [1.165, 1.54) is 0 Å². The number of nitrogens with zero attached hydrogens (tertiary/aromatic N) is 1. The Morgan fingerprint density at radius 3 is 2.46 bits per heavy atom. The van der Waals surface area contributed by atoms with Crippen LogP contribution in [-0.2, 0) is 26.0 Å². The zero-order valence-corrected chi connectivity index (χ0v) is 17.5. The highest BCUT2D eigenvalue weighted by molar-refractivity contribution is 7.92. The highest BCUT2D eigenvalue weighted by Gasteiger charge is 2.25. The lowest BCUT2D eigenvalue weighted by Crippen LogP contribution is -2.37. The van der Waals surface area contributed by atoms with Gasteiger partial charge in [-0.2, -0.15) is 0 Å². The minimum absolute atomic E-state index is 0.0589. The molecule has 2 aromatic carbocycles. The van der Waals surface area contributed by atoms with E-state index < -0.39 is 10.0 Å². The van der Waals surface area contributed by atoms with Crippen molar-refractivity contribution < 1.29 is 17.9 Å². The van der Waals surface area contributed by atoms with Crippen LogP contribution >= 0.6 is 0 Å². The van der Waals surface area contributed by atoms with Gasteiger partial charge in [0.15, 0.2) is 0 Å². The fraction of sp³-hybridized carbons (Fsp3) is 0.381. The molecule has 1 N–H and O–H groups in total. The first-order valence-electron chi connectivity index (χ1n) is 9.26. The Bertz CT molecular complexity index is 1020. The maximum Gasteiger partial charge on any atom is 0.262 e. The second-order valence-electron chi connectivity index (χ2n) is 7.19. The maximum atomic E-state index is 12.9. The summed E-state index contributed by atoms with van der Waals surface area (Å²) >= 11 is 0. The third-order valence-corrected chi connectivity index (χ3v) is 6.65. The molecule has 0 bridgehead atoms. The molecule has 1 amide bonds. The summed E-state index contributed by atoms with van der Waals surface area (Å²) in [6.07, 6.45) is 0.999. The van der Waals surface area contributed by atoms with Gasteiger partial charge in [0, 0.05) is 31.5 Å². The molecule has 1 aliphatic rings. The summed E-state index contributed by atoms with van der Waals surface area (Å²) in [5.74, 6) is 0.0589. The number of sulfonamides is 1. The van der Waals surface area contributed by atoms with Crippen LogP contribution in [0.5, 0.6) is 0 Å². The Morgan fingerprint density at radius 2 is 1.75 bits per heavy atom. The highest BCUT2D eigenvalue weighted by atomic mass is 32.2. The average Bonchev–Trinajstić information content (AvgIpc) is 2.63. The first kappa shape index (κ1) is 20.4. The van der Waals surface area contributed by atoms with Crippen LogP contribution in [0.15, 0.2) is 35.2 Å². The van der Waals surface area contributed by atoms with E-state index >= 15 is 0 Å². The Hall–Kier alpha value is -2.38. The zero-order chi connectivity index (χ0) is 20.5. The van der Waals surface area contributed by atoms with Crippen molar-refractivity contribution in [2.45, 2.75) is 38.5 Å². The third kappa shape index (κ3) is 4.05. The molecule has 7 heteroatoms. The minimum atomic E-state index is -3.70. The summed E-state index contributed by atoms with van der Waals surface area (Å²) in [6, 6.07) is 8.90. The van der Waals surface area contributed by atoms with Crippen molar-refractivity contribution in [1.29, 1.82) is 0 Å². The number of rotatable bonds is 6.